The molecule has 0 atom stereocenters. The minimum Gasteiger partial charge on any atom is -0.383 e. The standard InChI is InChI=1S/C16H22N2O/c1-13(12-18(2)3)15(19)16(8-4-5-9-16)14-7-6-10-17-11-14/h6-7,10-12H,4-5,8-9H2,1-3H3/b13-12+. The van der Waals surface area contributed by atoms with E-state index in [1.807, 2.05) is 50.4 Å². The number of aromatic nitrogens is 1. The van der Waals surface area contributed by atoms with E-state index in [1.54, 1.807) is 6.20 Å². The lowest BCUT2D eigenvalue weighted by atomic mass is 9.74. The van der Waals surface area contributed by atoms with E-state index in [0.29, 0.717) is 0 Å². The van der Waals surface area contributed by atoms with Gasteiger partial charge in [-0.25, -0.2) is 0 Å². The summed E-state index contributed by atoms with van der Waals surface area (Å²) in [5.41, 5.74) is 1.56. The first-order chi connectivity index (χ1) is 9.06. The minimum absolute atomic E-state index is 0.256. The van der Waals surface area contributed by atoms with Crippen molar-refractivity contribution in [1.82, 2.24) is 9.88 Å². The molecule has 0 amide bonds. The molecule has 1 heterocycles. The van der Waals surface area contributed by atoms with Crippen LogP contribution in [0.3, 0.4) is 0 Å². The molecule has 3 heteroatoms. The zero-order valence-electron chi connectivity index (χ0n) is 12.0. The van der Waals surface area contributed by atoms with Gasteiger partial charge in [0.15, 0.2) is 5.78 Å². The predicted molar refractivity (Wildman–Crippen MR) is 76.8 cm³/mol. The number of carbonyl (C=O) groups is 1. The summed E-state index contributed by atoms with van der Waals surface area (Å²) < 4.78 is 0. The molecule has 0 aliphatic heterocycles. The van der Waals surface area contributed by atoms with Gasteiger partial charge in [-0.05, 0) is 31.4 Å². The van der Waals surface area contributed by atoms with Crippen LogP contribution in [0.4, 0.5) is 0 Å². The van der Waals surface area contributed by atoms with Crippen LogP contribution < -0.4 is 0 Å². The van der Waals surface area contributed by atoms with Crippen LogP contribution in [0.15, 0.2) is 36.3 Å². The summed E-state index contributed by atoms with van der Waals surface area (Å²) in [4.78, 5) is 19.0. The third-order valence-corrected chi connectivity index (χ3v) is 3.92. The molecule has 19 heavy (non-hydrogen) atoms. The van der Waals surface area contributed by atoms with Crippen molar-refractivity contribution in [3.05, 3.63) is 41.9 Å². The topological polar surface area (TPSA) is 33.2 Å². The van der Waals surface area contributed by atoms with Crippen molar-refractivity contribution < 1.29 is 4.79 Å². The maximum Gasteiger partial charge on any atom is 0.170 e. The highest BCUT2D eigenvalue weighted by atomic mass is 16.1. The quantitative estimate of drug-likeness (QED) is 0.779. The van der Waals surface area contributed by atoms with Gasteiger partial charge in [-0.15, -0.1) is 0 Å². The van der Waals surface area contributed by atoms with Gasteiger partial charge in [0, 0.05) is 38.3 Å². The lowest BCUT2D eigenvalue weighted by molar-refractivity contribution is -0.120. The molecule has 1 saturated carbocycles. The normalized spacial score (nSPS) is 18.4. The Morgan fingerprint density at radius 1 is 1.37 bits per heavy atom. The highest BCUT2D eigenvalue weighted by Crippen LogP contribution is 2.43. The lowest BCUT2D eigenvalue weighted by Crippen LogP contribution is -2.34. The molecule has 3 nitrogen and oxygen atoms in total. The molecule has 0 bridgehead atoms. The van der Waals surface area contributed by atoms with E-state index in [0.717, 1.165) is 36.8 Å². The number of pyridine rings is 1. The van der Waals surface area contributed by atoms with Gasteiger partial charge >= 0.3 is 0 Å². The summed E-state index contributed by atoms with van der Waals surface area (Å²) in [7, 11) is 3.89. The molecule has 1 fully saturated rings. The van der Waals surface area contributed by atoms with Crippen LogP contribution in [0.2, 0.25) is 0 Å². The van der Waals surface area contributed by atoms with Crippen molar-refractivity contribution in [2.45, 2.75) is 38.0 Å². The number of nitrogens with zero attached hydrogens (tertiary/aromatic N) is 2. The second-order valence-corrected chi connectivity index (χ2v) is 5.64. The Bertz CT molecular complexity index is 471. The molecular formula is C16H22N2O. The third kappa shape index (κ3) is 2.70. The second-order valence-electron chi connectivity index (χ2n) is 5.64. The van der Waals surface area contributed by atoms with Crippen LogP contribution in [0.1, 0.15) is 38.2 Å². The number of hydrogen-bond acceptors (Lipinski definition) is 3. The average molecular weight is 258 g/mol. The van der Waals surface area contributed by atoms with Crippen LogP contribution in [0, 0.1) is 0 Å². The SMILES string of the molecule is C/C(=C\N(C)C)C(=O)C1(c2cccnc2)CCCC1. The Labute approximate surface area is 115 Å². The van der Waals surface area contributed by atoms with Gasteiger partial charge in [-0.2, -0.15) is 0 Å². The molecule has 102 valence electrons. The molecule has 0 unspecified atom stereocenters. The molecule has 0 spiro atoms. The van der Waals surface area contributed by atoms with E-state index < -0.39 is 0 Å². The maximum atomic E-state index is 12.9. The Hall–Kier alpha value is -1.64. The van der Waals surface area contributed by atoms with E-state index >= 15 is 0 Å². The molecule has 1 aromatic heterocycles. The smallest absolute Gasteiger partial charge is 0.170 e. The molecule has 0 radical (unpaired) electrons. The fourth-order valence-corrected chi connectivity index (χ4v) is 3.09. The first kappa shape index (κ1) is 13.8. The Kier molecular flexibility index (Phi) is 4.03. The van der Waals surface area contributed by atoms with Gasteiger partial charge in [0.1, 0.15) is 0 Å². The highest BCUT2D eigenvalue weighted by molar-refractivity contribution is 6.03. The van der Waals surface area contributed by atoms with Crippen molar-refractivity contribution in [3.8, 4) is 0 Å². The Morgan fingerprint density at radius 2 is 2.05 bits per heavy atom. The lowest BCUT2D eigenvalue weighted by Gasteiger charge is -2.28. The van der Waals surface area contributed by atoms with Gasteiger partial charge in [-0.1, -0.05) is 18.9 Å². The van der Waals surface area contributed by atoms with E-state index in [1.165, 1.54) is 0 Å². The first-order valence-electron chi connectivity index (χ1n) is 6.86. The molecule has 0 N–H and O–H groups in total. The highest BCUT2D eigenvalue weighted by Gasteiger charge is 2.42. The number of hydrogen-bond donors (Lipinski definition) is 0. The average Bonchev–Trinajstić information content (AvgIpc) is 2.88. The molecular weight excluding hydrogens is 236 g/mol. The fraction of sp³-hybridized carbons (Fsp3) is 0.500. The number of carbonyl (C=O) groups excluding carboxylic acids is 1. The summed E-state index contributed by atoms with van der Waals surface area (Å²) in [6.45, 7) is 1.92. The van der Waals surface area contributed by atoms with Crippen LogP contribution in [0.5, 0.6) is 0 Å². The monoisotopic (exact) mass is 258 g/mol. The van der Waals surface area contributed by atoms with Crippen molar-refractivity contribution in [2.75, 3.05) is 14.1 Å². The van der Waals surface area contributed by atoms with Crippen molar-refractivity contribution in [2.24, 2.45) is 0 Å². The summed E-state index contributed by atoms with van der Waals surface area (Å²) in [6, 6.07) is 3.97. The summed E-state index contributed by atoms with van der Waals surface area (Å²) in [5, 5.41) is 0. The molecule has 1 aromatic rings. The number of rotatable bonds is 4. The Morgan fingerprint density at radius 3 is 2.58 bits per heavy atom. The van der Waals surface area contributed by atoms with Gasteiger partial charge in [-0.3, -0.25) is 9.78 Å². The van der Waals surface area contributed by atoms with Gasteiger partial charge < -0.3 is 4.90 Å². The predicted octanol–water partition coefficient (Wildman–Crippen LogP) is 2.93. The molecule has 1 aliphatic carbocycles. The minimum atomic E-state index is -0.342. The van der Waals surface area contributed by atoms with Crippen LogP contribution in [-0.4, -0.2) is 29.8 Å². The van der Waals surface area contributed by atoms with Crippen LogP contribution in [-0.2, 0) is 10.2 Å². The number of allylic oxidation sites excluding steroid dienone is 1. The summed E-state index contributed by atoms with van der Waals surface area (Å²) in [5.74, 6) is 0.256. The van der Waals surface area contributed by atoms with Crippen molar-refractivity contribution in [3.63, 3.8) is 0 Å². The van der Waals surface area contributed by atoms with E-state index in [4.69, 9.17) is 0 Å². The van der Waals surface area contributed by atoms with Crippen LogP contribution >= 0.6 is 0 Å². The fourth-order valence-electron chi connectivity index (χ4n) is 3.09. The summed E-state index contributed by atoms with van der Waals surface area (Å²) >= 11 is 0. The molecule has 0 aromatic carbocycles. The Balaban J connectivity index is 2.38. The molecule has 1 aliphatic rings. The third-order valence-electron chi connectivity index (χ3n) is 3.92. The van der Waals surface area contributed by atoms with Crippen molar-refractivity contribution in [1.29, 1.82) is 0 Å². The van der Waals surface area contributed by atoms with E-state index in [-0.39, 0.29) is 11.2 Å². The van der Waals surface area contributed by atoms with Gasteiger partial charge in [0.25, 0.3) is 0 Å². The number of ketones is 1. The summed E-state index contributed by atoms with van der Waals surface area (Å²) in [6.07, 6.45) is 9.65. The van der Waals surface area contributed by atoms with E-state index in [9.17, 15) is 4.79 Å². The largest absolute Gasteiger partial charge is 0.383 e. The molecule has 2 rings (SSSR count). The zero-order chi connectivity index (χ0) is 13.9. The maximum absolute atomic E-state index is 12.9. The second kappa shape index (κ2) is 5.55. The van der Waals surface area contributed by atoms with Crippen molar-refractivity contribution >= 4 is 5.78 Å². The number of Topliss-reactive ketones (excluding diaryl/α,β-unsaturated/α-hetero) is 1. The molecule has 0 saturated heterocycles. The van der Waals surface area contributed by atoms with Crippen LogP contribution in [0.25, 0.3) is 0 Å². The zero-order valence-corrected chi connectivity index (χ0v) is 12.0. The first-order valence-corrected chi connectivity index (χ1v) is 6.86. The van der Waals surface area contributed by atoms with Gasteiger partial charge in [0.2, 0.25) is 0 Å². The van der Waals surface area contributed by atoms with Gasteiger partial charge in [0.05, 0.1) is 5.41 Å². The van der Waals surface area contributed by atoms with E-state index in [2.05, 4.69) is 4.98 Å².